The number of rotatable bonds is 7. The second kappa shape index (κ2) is 9.71. The summed E-state index contributed by atoms with van der Waals surface area (Å²) in [7, 11) is 0. The number of halogens is 1. The van der Waals surface area contributed by atoms with Crippen molar-refractivity contribution in [2.75, 3.05) is 13.1 Å². The summed E-state index contributed by atoms with van der Waals surface area (Å²) in [5.41, 5.74) is 7.37. The van der Waals surface area contributed by atoms with Crippen molar-refractivity contribution in [1.29, 1.82) is 0 Å². The molecule has 0 bridgehead atoms. The van der Waals surface area contributed by atoms with E-state index in [9.17, 15) is 9.18 Å². The first-order valence-electron chi connectivity index (χ1n) is 9.78. The third-order valence-corrected chi connectivity index (χ3v) is 5.81. The second-order valence-corrected chi connectivity index (χ2v) is 8.07. The first kappa shape index (κ1) is 21.0. The van der Waals surface area contributed by atoms with E-state index in [0.717, 1.165) is 25.9 Å². The molecule has 3 N–H and O–H groups in total. The number of nitrogens with zero attached hydrogens (tertiary/aromatic N) is 4. The molecule has 0 unspecified atom stereocenters. The topological polar surface area (TPSA) is 113 Å². The highest BCUT2D eigenvalue weighted by molar-refractivity contribution is 7.97. The molecule has 3 heterocycles. The number of allylic oxidation sites excluding steroid dienone is 1. The van der Waals surface area contributed by atoms with E-state index in [1.165, 1.54) is 36.6 Å². The molecule has 2 aromatic heterocycles. The van der Waals surface area contributed by atoms with Gasteiger partial charge in [0.05, 0.1) is 18.0 Å². The van der Waals surface area contributed by atoms with Crippen molar-refractivity contribution in [3.8, 4) is 0 Å². The summed E-state index contributed by atoms with van der Waals surface area (Å²) in [6.07, 6.45) is 6.71. The van der Waals surface area contributed by atoms with E-state index in [1.807, 2.05) is 0 Å². The molecule has 10 heteroatoms. The number of aromatic nitrogens is 3. The Morgan fingerprint density at radius 2 is 2.13 bits per heavy atom. The molecule has 1 saturated heterocycles. The maximum absolute atomic E-state index is 13.9. The molecular weight excluding hydrogens is 419 g/mol. The summed E-state index contributed by atoms with van der Waals surface area (Å²) in [6.45, 7) is 1.99. The quantitative estimate of drug-likeness (QED) is 0.429. The van der Waals surface area contributed by atoms with Crippen LogP contribution in [0.5, 0.6) is 0 Å². The lowest BCUT2D eigenvalue weighted by Gasteiger charge is -2.12. The molecule has 1 aromatic carbocycles. The minimum Gasteiger partial charge on any atom is -0.396 e. The summed E-state index contributed by atoms with van der Waals surface area (Å²) in [6, 6.07) is 8.01. The predicted octanol–water partition coefficient (Wildman–Crippen LogP) is 2.99. The van der Waals surface area contributed by atoms with Crippen LogP contribution in [0.4, 0.5) is 4.39 Å². The summed E-state index contributed by atoms with van der Waals surface area (Å²) in [4.78, 5) is 24.4. The van der Waals surface area contributed by atoms with E-state index in [-0.39, 0.29) is 29.4 Å². The summed E-state index contributed by atoms with van der Waals surface area (Å²) in [5, 5.41) is 3.89. The average Bonchev–Trinajstić information content (AvgIpc) is 3.48. The number of hydrogen-bond donors (Lipinski definition) is 2. The molecule has 0 radical (unpaired) electrons. The first-order valence-corrected chi connectivity index (χ1v) is 10.6. The SMILES string of the molecule is N/C(=C\C(=NCc1ccccc1F)c1ccon1)c1ncc(SN2CCCC2)c(=O)[nH]1. The Morgan fingerprint density at radius 3 is 2.84 bits per heavy atom. The van der Waals surface area contributed by atoms with Gasteiger partial charge >= 0.3 is 0 Å². The lowest BCUT2D eigenvalue weighted by Crippen LogP contribution is -2.19. The van der Waals surface area contributed by atoms with Crippen molar-refractivity contribution in [3.63, 3.8) is 0 Å². The molecule has 31 heavy (non-hydrogen) atoms. The summed E-state index contributed by atoms with van der Waals surface area (Å²) in [5.74, 6) is -0.127. The maximum atomic E-state index is 13.9. The molecule has 3 aromatic rings. The molecule has 0 spiro atoms. The number of nitrogens with two attached hydrogens (primary N) is 1. The number of hydrogen-bond acceptors (Lipinski definition) is 8. The van der Waals surface area contributed by atoms with Crippen molar-refractivity contribution in [2.24, 2.45) is 10.7 Å². The van der Waals surface area contributed by atoms with E-state index < -0.39 is 0 Å². The highest BCUT2D eigenvalue weighted by Gasteiger charge is 2.16. The predicted molar refractivity (Wildman–Crippen MR) is 117 cm³/mol. The van der Waals surface area contributed by atoms with Crippen LogP contribution in [-0.4, -0.2) is 38.2 Å². The largest absolute Gasteiger partial charge is 0.396 e. The van der Waals surface area contributed by atoms with Crippen molar-refractivity contribution >= 4 is 23.4 Å². The fraction of sp³-hybridized carbons (Fsp3) is 0.238. The van der Waals surface area contributed by atoms with Crippen LogP contribution in [0.3, 0.4) is 0 Å². The van der Waals surface area contributed by atoms with E-state index in [4.69, 9.17) is 10.3 Å². The highest BCUT2D eigenvalue weighted by Crippen LogP contribution is 2.23. The Kier molecular flexibility index (Phi) is 6.58. The summed E-state index contributed by atoms with van der Waals surface area (Å²) < 4.78 is 21.0. The fourth-order valence-electron chi connectivity index (χ4n) is 3.07. The van der Waals surface area contributed by atoms with Gasteiger partial charge in [0.25, 0.3) is 5.56 Å². The van der Waals surface area contributed by atoms with Gasteiger partial charge in [-0.25, -0.2) is 13.7 Å². The molecule has 0 saturated carbocycles. The molecule has 8 nitrogen and oxygen atoms in total. The van der Waals surface area contributed by atoms with Gasteiger partial charge in [-0.2, -0.15) is 0 Å². The van der Waals surface area contributed by atoms with Gasteiger partial charge in [0, 0.05) is 30.9 Å². The van der Waals surface area contributed by atoms with Crippen LogP contribution in [-0.2, 0) is 6.54 Å². The number of nitrogens with one attached hydrogen (secondary N) is 1. The zero-order valence-electron chi connectivity index (χ0n) is 16.6. The normalized spacial score (nSPS) is 15.5. The van der Waals surface area contributed by atoms with Crippen LogP contribution in [0, 0.1) is 5.82 Å². The molecular formula is C21H21FN6O2S. The number of H-pyrrole nitrogens is 1. The van der Waals surface area contributed by atoms with Gasteiger partial charge in [-0.1, -0.05) is 23.4 Å². The van der Waals surface area contributed by atoms with Crippen LogP contribution in [0.25, 0.3) is 5.70 Å². The molecule has 0 aliphatic carbocycles. The number of benzene rings is 1. The number of aliphatic imine (C=N–C) groups is 1. The Bertz CT molecular complexity index is 1150. The Balaban J connectivity index is 1.58. The Hall–Kier alpha value is -3.24. The Labute approximate surface area is 182 Å². The molecule has 160 valence electrons. The minimum atomic E-state index is -0.347. The van der Waals surface area contributed by atoms with E-state index >= 15 is 0 Å². The van der Waals surface area contributed by atoms with Crippen LogP contribution >= 0.6 is 11.9 Å². The van der Waals surface area contributed by atoms with Gasteiger partial charge in [0.2, 0.25) is 0 Å². The monoisotopic (exact) mass is 440 g/mol. The van der Waals surface area contributed by atoms with Crippen molar-refractivity contribution in [3.05, 3.63) is 82.1 Å². The second-order valence-electron chi connectivity index (χ2n) is 6.93. The van der Waals surface area contributed by atoms with Crippen LogP contribution in [0.15, 0.2) is 68.1 Å². The van der Waals surface area contributed by atoms with Crippen molar-refractivity contribution in [2.45, 2.75) is 24.3 Å². The Morgan fingerprint density at radius 1 is 1.32 bits per heavy atom. The average molecular weight is 441 g/mol. The molecule has 0 atom stereocenters. The third-order valence-electron chi connectivity index (χ3n) is 4.70. The minimum absolute atomic E-state index is 0.0913. The maximum Gasteiger partial charge on any atom is 0.266 e. The molecule has 1 aliphatic heterocycles. The van der Waals surface area contributed by atoms with Crippen LogP contribution < -0.4 is 11.3 Å². The van der Waals surface area contributed by atoms with Gasteiger partial charge in [-0.15, -0.1) is 0 Å². The van der Waals surface area contributed by atoms with Gasteiger partial charge in [0.1, 0.15) is 22.7 Å². The van der Waals surface area contributed by atoms with E-state index in [2.05, 4.69) is 24.4 Å². The van der Waals surface area contributed by atoms with Gasteiger partial charge in [-0.05, 0) is 36.9 Å². The standard InChI is InChI=1S/C21H21FN6O2S/c22-15-6-2-1-5-14(15)12-24-18(17-7-10-30-27-17)11-16(23)20-25-13-19(21(29)26-20)31-28-8-3-4-9-28/h1-2,5-7,10-11,13H,3-4,8-9,12,23H2,(H,25,26,29)/b16-11-,24-18?. The third kappa shape index (κ3) is 5.28. The number of aromatic amines is 1. The zero-order valence-corrected chi connectivity index (χ0v) is 17.4. The molecule has 1 aliphatic rings. The summed E-state index contributed by atoms with van der Waals surface area (Å²) >= 11 is 1.40. The zero-order chi connectivity index (χ0) is 21.6. The lowest BCUT2D eigenvalue weighted by molar-refractivity contribution is 0.418. The van der Waals surface area contributed by atoms with Crippen LogP contribution in [0.2, 0.25) is 0 Å². The van der Waals surface area contributed by atoms with Crippen molar-refractivity contribution < 1.29 is 8.91 Å². The van der Waals surface area contributed by atoms with Gasteiger partial charge in [0.15, 0.2) is 5.82 Å². The highest BCUT2D eigenvalue weighted by atomic mass is 32.2. The first-order chi connectivity index (χ1) is 15.1. The van der Waals surface area contributed by atoms with Gasteiger partial charge < -0.3 is 15.2 Å². The molecule has 1 fully saturated rings. The lowest BCUT2D eigenvalue weighted by atomic mass is 10.2. The van der Waals surface area contributed by atoms with Crippen molar-refractivity contribution in [1.82, 2.24) is 19.4 Å². The van der Waals surface area contributed by atoms with Crippen LogP contribution in [0.1, 0.15) is 29.9 Å². The molecule has 4 rings (SSSR count). The van der Waals surface area contributed by atoms with Gasteiger partial charge in [-0.3, -0.25) is 9.79 Å². The molecule has 0 amide bonds. The van der Waals surface area contributed by atoms with E-state index in [0.29, 0.717) is 21.9 Å². The van der Waals surface area contributed by atoms with E-state index in [1.54, 1.807) is 24.3 Å². The fourth-order valence-corrected chi connectivity index (χ4v) is 4.02. The smallest absolute Gasteiger partial charge is 0.266 e.